The van der Waals surface area contributed by atoms with E-state index in [9.17, 15) is 0 Å². The normalized spacial score (nSPS) is 24.8. The molecule has 4 atom stereocenters. The second-order valence-corrected chi connectivity index (χ2v) is 8.75. The van der Waals surface area contributed by atoms with Gasteiger partial charge in [-0.2, -0.15) is 0 Å². The van der Waals surface area contributed by atoms with E-state index in [1.807, 2.05) is 0 Å². The Labute approximate surface area is 186 Å². The predicted molar refractivity (Wildman–Crippen MR) is 129 cm³/mol. The highest BCUT2D eigenvalue weighted by Crippen LogP contribution is 2.10. The molecule has 8 heteroatoms. The van der Waals surface area contributed by atoms with Crippen LogP contribution in [0.5, 0.6) is 0 Å². The fourth-order valence-electron chi connectivity index (χ4n) is 4.27. The largest absolute Gasteiger partial charge is 0.316 e. The second kappa shape index (κ2) is 15.5. The third-order valence-electron chi connectivity index (χ3n) is 6.68. The van der Waals surface area contributed by atoms with E-state index in [1.165, 1.54) is 0 Å². The molecule has 0 aromatic rings. The van der Waals surface area contributed by atoms with Gasteiger partial charge in [-0.15, -0.1) is 0 Å². The van der Waals surface area contributed by atoms with Crippen LogP contribution >= 0.6 is 0 Å². The quantitative estimate of drug-likeness (QED) is 0.448. The Balaban J connectivity index is 2.94. The van der Waals surface area contributed by atoms with E-state index in [2.05, 4.69) is 47.3 Å². The van der Waals surface area contributed by atoms with Gasteiger partial charge < -0.3 is 22.9 Å². The van der Waals surface area contributed by atoms with Crippen molar-refractivity contribution < 1.29 is 0 Å². The molecule has 8 nitrogen and oxygen atoms in total. The highest BCUT2D eigenvalue weighted by molar-refractivity contribution is 4.76. The minimum Gasteiger partial charge on any atom is -0.316 e. The highest BCUT2D eigenvalue weighted by Gasteiger charge is 2.21. The minimum atomic E-state index is 0.101. The molecule has 1 fully saturated rings. The Morgan fingerprint density at radius 3 is 0.800 bits per heavy atom. The van der Waals surface area contributed by atoms with E-state index < -0.39 is 0 Å². The fourth-order valence-corrected chi connectivity index (χ4v) is 4.27. The first kappa shape index (κ1) is 27.7. The van der Waals surface area contributed by atoms with Crippen LogP contribution < -0.4 is 22.9 Å². The summed E-state index contributed by atoms with van der Waals surface area (Å²) in [7, 11) is 0. The molecule has 0 bridgehead atoms. The zero-order valence-corrected chi connectivity index (χ0v) is 20.3. The summed E-state index contributed by atoms with van der Waals surface area (Å²) in [5.41, 5.74) is 25.8. The zero-order valence-electron chi connectivity index (χ0n) is 20.3. The van der Waals surface area contributed by atoms with Gasteiger partial charge >= 0.3 is 0 Å². The molecule has 0 spiro atoms. The SMILES string of the molecule is CCC(N)N1CCCN(C(N)CC)CCN(C(N)CC)CCCN(C(N)CC)CC1. The molecule has 1 aliphatic heterocycles. The lowest BCUT2D eigenvalue weighted by molar-refractivity contribution is 0.0944. The minimum absolute atomic E-state index is 0.101. The van der Waals surface area contributed by atoms with Gasteiger partial charge in [0.25, 0.3) is 0 Å². The van der Waals surface area contributed by atoms with Crippen molar-refractivity contribution in [3.8, 4) is 0 Å². The topological polar surface area (TPSA) is 117 Å². The number of hydrogen-bond donors (Lipinski definition) is 4. The summed E-state index contributed by atoms with van der Waals surface area (Å²) in [5.74, 6) is 0. The van der Waals surface area contributed by atoms with Crippen molar-refractivity contribution in [2.45, 2.75) is 90.9 Å². The molecule has 0 aliphatic carbocycles. The maximum Gasteiger partial charge on any atom is 0.0569 e. The lowest BCUT2D eigenvalue weighted by atomic mass is 10.2. The van der Waals surface area contributed by atoms with Crippen molar-refractivity contribution in [2.24, 2.45) is 22.9 Å². The van der Waals surface area contributed by atoms with Gasteiger partial charge in [-0.25, -0.2) is 0 Å². The molecule has 1 heterocycles. The van der Waals surface area contributed by atoms with Gasteiger partial charge in [0.2, 0.25) is 0 Å². The molecule has 0 aromatic carbocycles. The highest BCUT2D eigenvalue weighted by atomic mass is 15.3. The van der Waals surface area contributed by atoms with Gasteiger partial charge in [0.05, 0.1) is 24.7 Å². The zero-order chi connectivity index (χ0) is 22.5. The summed E-state index contributed by atoms with van der Waals surface area (Å²) in [6, 6.07) is 0. The van der Waals surface area contributed by atoms with Gasteiger partial charge in [0, 0.05) is 52.4 Å². The standard InChI is InChI=1S/C22H52N8/c1-5-19(23)27-11-9-12-29(21(25)7-3)17-18-30(22(26)8-4)14-10-13-28(16-15-27)20(24)6-2/h19-22H,5-18,23-26H2,1-4H3. The Hall–Kier alpha value is -0.320. The molecule has 1 aliphatic rings. The molecule has 0 radical (unpaired) electrons. The van der Waals surface area contributed by atoms with E-state index in [1.54, 1.807) is 0 Å². The van der Waals surface area contributed by atoms with Crippen molar-refractivity contribution in [3.63, 3.8) is 0 Å². The van der Waals surface area contributed by atoms with Crippen LogP contribution in [0.3, 0.4) is 0 Å². The number of hydrogen-bond acceptors (Lipinski definition) is 8. The van der Waals surface area contributed by atoms with E-state index in [4.69, 9.17) is 22.9 Å². The third kappa shape index (κ3) is 9.44. The molecular formula is C22H52N8. The number of nitrogens with zero attached hydrogens (tertiary/aromatic N) is 4. The maximum absolute atomic E-state index is 6.44. The van der Waals surface area contributed by atoms with Crippen LogP contribution in [0.4, 0.5) is 0 Å². The summed E-state index contributed by atoms with van der Waals surface area (Å²) in [5, 5.41) is 0. The van der Waals surface area contributed by atoms with E-state index >= 15 is 0 Å². The van der Waals surface area contributed by atoms with Crippen LogP contribution in [0.15, 0.2) is 0 Å². The summed E-state index contributed by atoms with van der Waals surface area (Å²) < 4.78 is 0. The Morgan fingerprint density at radius 2 is 0.633 bits per heavy atom. The molecule has 30 heavy (non-hydrogen) atoms. The van der Waals surface area contributed by atoms with Gasteiger partial charge in [0.1, 0.15) is 0 Å². The number of nitrogens with two attached hydrogens (primary N) is 4. The smallest absolute Gasteiger partial charge is 0.0569 e. The van der Waals surface area contributed by atoms with Crippen LogP contribution in [0.25, 0.3) is 0 Å². The molecule has 1 saturated heterocycles. The average Bonchev–Trinajstić information content (AvgIpc) is 2.77. The van der Waals surface area contributed by atoms with Crippen molar-refractivity contribution >= 4 is 0 Å². The molecule has 1 rings (SSSR count). The van der Waals surface area contributed by atoms with E-state index in [-0.39, 0.29) is 24.7 Å². The first-order chi connectivity index (χ1) is 14.4. The van der Waals surface area contributed by atoms with Crippen molar-refractivity contribution in [1.82, 2.24) is 19.6 Å². The van der Waals surface area contributed by atoms with Gasteiger partial charge in [-0.3, -0.25) is 19.6 Å². The molecule has 0 saturated carbocycles. The Kier molecular flexibility index (Phi) is 14.3. The van der Waals surface area contributed by atoms with Crippen LogP contribution in [0.1, 0.15) is 66.2 Å². The van der Waals surface area contributed by atoms with Crippen molar-refractivity contribution in [1.29, 1.82) is 0 Å². The molecule has 8 N–H and O–H groups in total. The Morgan fingerprint density at radius 1 is 0.433 bits per heavy atom. The molecule has 0 aromatic heterocycles. The lowest BCUT2D eigenvalue weighted by Crippen LogP contribution is -2.53. The summed E-state index contributed by atoms with van der Waals surface area (Å²) in [6.45, 7) is 16.5. The molecule has 0 amide bonds. The molecule has 4 unspecified atom stereocenters. The fraction of sp³-hybridized carbons (Fsp3) is 1.00. The van der Waals surface area contributed by atoms with Gasteiger partial charge in [0.15, 0.2) is 0 Å². The van der Waals surface area contributed by atoms with E-state index in [0.29, 0.717) is 0 Å². The van der Waals surface area contributed by atoms with Gasteiger partial charge in [-0.1, -0.05) is 27.7 Å². The van der Waals surface area contributed by atoms with Crippen LogP contribution in [-0.2, 0) is 0 Å². The monoisotopic (exact) mass is 428 g/mol. The number of rotatable bonds is 8. The van der Waals surface area contributed by atoms with Crippen LogP contribution in [0, 0.1) is 0 Å². The predicted octanol–water partition coefficient (Wildman–Crippen LogP) is 0.767. The Bertz CT molecular complexity index is 350. The molecule has 180 valence electrons. The maximum atomic E-state index is 6.44. The second-order valence-electron chi connectivity index (χ2n) is 8.75. The van der Waals surface area contributed by atoms with Crippen molar-refractivity contribution in [3.05, 3.63) is 0 Å². The van der Waals surface area contributed by atoms with E-state index in [0.717, 1.165) is 90.9 Å². The third-order valence-corrected chi connectivity index (χ3v) is 6.68. The average molecular weight is 429 g/mol. The van der Waals surface area contributed by atoms with Gasteiger partial charge in [-0.05, 0) is 38.5 Å². The first-order valence-electron chi connectivity index (χ1n) is 12.4. The summed E-state index contributed by atoms with van der Waals surface area (Å²) >= 11 is 0. The lowest BCUT2D eigenvalue weighted by Gasteiger charge is -2.37. The van der Waals surface area contributed by atoms with Crippen LogP contribution in [0.2, 0.25) is 0 Å². The first-order valence-corrected chi connectivity index (χ1v) is 12.4. The van der Waals surface area contributed by atoms with Crippen LogP contribution in [-0.4, -0.2) is 96.6 Å². The molecular weight excluding hydrogens is 376 g/mol. The van der Waals surface area contributed by atoms with Crippen molar-refractivity contribution in [2.75, 3.05) is 52.4 Å². The summed E-state index contributed by atoms with van der Waals surface area (Å²) in [4.78, 5) is 9.71. The summed E-state index contributed by atoms with van der Waals surface area (Å²) in [6.07, 6.45) is 6.39.